The molecule has 4 rings (SSSR count). The molecule has 3 heterocycles. The van der Waals surface area contributed by atoms with E-state index < -0.39 is 20.2 Å². The van der Waals surface area contributed by atoms with Gasteiger partial charge in [-0.25, -0.2) is 18.3 Å². The summed E-state index contributed by atoms with van der Waals surface area (Å²) in [4.78, 5) is 2.52. The van der Waals surface area contributed by atoms with E-state index in [-0.39, 0.29) is 30.8 Å². The number of rotatable bonds is 7. The molecular formula is C20H32N4O5S2. The van der Waals surface area contributed by atoms with Crippen LogP contribution in [0.2, 0.25) is 0 Å². The summed E-state index contributed by atoms with van der Waals surface area (Å²) in [6.45, 7) is 2.46. The van der Waals surface area contributed by atoms with Gasteiger partial charge in [-0.3, -0.25) is 4.90 Å². The summed E-state index contributed by atoms with van der Waals surface area (Å²) in [5, 5.41) is 4.92. The van der Waals surface area contributed by atoms with E-state index in [1.54, 1.807) is 11.4 Å². The van der Waals surface area contributed by atoms with E-state index in [0.29, 0.717) is 12.5 Å². The fourth-order valence-electron chi connectivity index (χ4n) is 5.45. The molecule has 0 aromatic heterocycles. The second-order valence-electron chi connectivity index (χ2n) is 8.75. The number of nitrogens with one attached hydrogen (secondary N) is 1. The average Bonchev–Trinajstić information content (AvgIpc) is 2.73. The van der Waals surface area contributed by atoms with Gasteiger partial charge in [0.2, 0.25) is 10.0 Å². The van der Waals surface area contributed by atoms with Crippen molar-refractivity contribution in [1.29, 1.82) is 0 Å². The highest BCUT2D eigenvalue weighted by molar-refractivity contribution is 7.89. The Morgan fingerprint density at radius 2 is 2.03 bits per heavy atom. The zero-order valence-corrected chi connectivity index (χ0v) is 19.5. The lowest BCUT2D eigenvalue weighted by Crippen LogP contribution is -2.57. The first-order valence-corrected chi connectivity index (χ1v) is 14.0. The number of ether oxygens (including phenoxy) is 1. The second-order valence-corrected chi connectivity index (χ2v) is 12.2. The Labute approximate surface area is 185 Å². The molecule has 1 aromatic rings. The first-order valence-electron chi connectivity index (χ1n) is 10.9. The van der Waals surface area contributed by atoms with E-state index in [0.717, 1.165) is 44.5 Å². The van der Waals surface area contributed by atoms with Gasteiger partial charge >= 0.3 is 0 Å². The van der Waals surface area contributed by atoms with Gasteiger partial charge in [0.25, 0.3) is 10.2 Å². The molecule has 11 heteroatoms. The topological polar surface area (TPSA) is 122 Å². The summed E-state index contributed by atoms with van der Waals surface area (Å²) < 4.78 is 57.6. The molecule has 174 valence electrons. The summed E-state index contributed by atoms with van der Waals surface area (Å²) in [5.74, 6) is 1.11. The average molecular weight is 473 g/mol. The van der Waals surface area contributed by atoms with Crippen molar-refractivity contribution in [2.75, 3.05) is 39.0 Å². The van der Waals surface area contributed by atoms with Gasteiger partial charge in [-0.1, -0.05) is 6.07 Å². The molecule has 3 atom stereocenters. The Morgan fingerprint density at radius 3 is 2.77 bits per heavy atom. The van der Waals surface area contributed by atoms with Crippen LogP contribution in [-0.4, -0.2) is 71.1 Å². The fourth-order valence-corrected chi connectivity index (χ4v) is 7.70. The van der Waals surface area contributed by atoms with Crippen LogP contribution in [0.5, 0.6) is 5.75 Å². The molecule has 0 radical (unpaired) electrons. The van der Waals surface area contributed by atoms with E-state index in [2.05, 4.69) is 21.8 Å². The predicted molar refractivity (Wildman–Crippen MR) is 118 cm³/mol. The number of hydrogen-bond donors (Lipinski definition) is 2. The zero-order chi connectivity index (χ0) is 22.2. The Bertz CT molecular complexity index is 1010. The SMILES string of the molecule is COc1ccc2c(c1)CCN1CC3CCCN(S(=O)(=O)CCCNS(N)(=O)=O)C3CC21. The molecule has 2 saturated heterocycles. The van der Waals surface area contributed by atoms with Crippen LogP contribution in [0.1, 0.15) is 42.9 Å². The normalized spacial score (nSPS) is 27.2. The molecule has 0 spiro atoms. The van der Waals surface area contributed by atoms with Crippen molar-refractivity contribution >= 4 is 20.2 Å². The number of benzene rings is 1. The maximum absolute atomic E-state index is 13.1. The number of piperidine rings is 2. The van der Waals surface area contributed by atoms with E-state index in [9.17, 15) is 16.8 Å². The molecule has 0 aliphatic carbocycles. The maximum Gasteiger partial charge on any atom is 0.274 e. The first-order chi connectivity index (χ1) is 14.7. The molecule has 0 amide bonds. The molecule has 3 aliphatic heterocycles. The molecule has 3 N–H and O–H groups in total. The number of nitrogens with two attached hydrogens (primary N) is 1. The molecule has 0 saturated carbocycles. The number of sulfonamides is 1. The standard InChI is InChI=1S/C20H32N4O5S2/c1-29-17-5-6-18-15(12-17)7-10-23-14-16-4-2-9-24(19(16)13-20(18)23)30(25,26)11-3-8-22-31(21,27)28/h5-6,12,16,19-20,22H,2-4,7-11,13-14H2,1H3,(H2,21,27,28). The molecule has 1 aromatic carbocycles. The van der Waals surface area contributed by atoms with Crippen LogP contribution in [0, 0.1) is 5.92 Å². The summed E-state index contributed by atoms with van der Waals surface area (Å²) in [5.41, 5.74) is 2.57. The summed E-state index contributed by atoms with van der Waals surface area (Å²) in [6, 6.07) is 6.43. The summed E-state index contributed by atoms with van der Waals surface area (Å²) in [6.07, 6.45) is 3.88. The van der Waals surface area contributed by atoms with Crippen molar-refractivity contribution in [2.45, 2.75) is 44.2 Å². The molecule has 3 unspecified atom stereocenters. The predicted octanol–water partition coefficient (Wildman–Crippen LogP) is 0.592. The summed E-state index contributed by atoms with van der Waals surface area (Å²) >= 11 is 0. The highest BCUT2D eigenvalue weighted by atomic mass is 32.2. The molecule has 31 heavy (non-hydrogen) atoms. The van der Waals surface area contributed by atoms with Gasteiger partial charge < -0.3 is 4.74 Å². The van der Waals surface area contributed by atoms with Crippen LogP contribution in [0.3, 0.4) is 0 Å². The van der Waals surface area contributed by atoms with Crippen molar-refractivity contribution in [3.63, 3.8) is 0 Å². The zero-order valence-electron chi connectivity index (χ0n) is 17.9. The molecule has 9 nitrogen and oxygen atoms in total. The van der Waals surface area contributed by atoms with Crippen molar-refractivity contribution < 1.29 is 21.6 Å². The lowest BCUT2D eigenvalue weighted by atomic mass is 9.77. The number of fused-ring (bicyclic) bond motifs is 4. The third kappa shape index (κ3) is 5.07. The molecular weight excluding hydrogens is 440 g/mol. The summed E-state index contributed by atoms with van der Waals surface area (Å²) in [7, 11) is -5.61. The van der Waals surface area contributed by atoms with Gasteiger partial charge in [-0.15, -0.1) is 0 Å². The Hall–Kier alpha value is -1.24. The van der Waals surface area contributed by atoms with Crippen molar-refractivity contribution in [2.24, 2.45) is 11.1 Å². The largest absolute Gasteiger partial charge is 0.497 e. The Balaban J connectivity index is 1.50. The van der Waals surface area contributed by atoms with Crippen molar-refractivity contribution in [3.05, 3.63) is 29.3 Å². The van der Waals surface area contributed by atoms with Crippen LogP contribution in [0.4, 0.5) is 0 Å². The van der Waals surface area contributed by atoms with Crippen LogP contribution in [-0.2, 0) is 26.7 Å². The van der Waals surface area contributed by atoms with Gasteiger partial charge in [-0.2, -0.15) is 12.7 Å². The minimum absolute atomic E-state index is 0.0146. The van der Waals surface area contributed by atoms with Crippen LogP contribution < -0.4 is 14.6 Å². The highest BCUT2D eigenvalue weighted by Gasteiger charge is 2.45. The van der Waals surface area contributed by atoms with Gasteiger partial charge in [0.05, 0.1) is 12.9 Å². The van der Waals surface area contributed by atoms with E-state index >= 15 is 0 Å². The minimum Gasteiger partial charge on any atom is -0.497 e. The Kier molecular flexibility index (Phi) is 6.62. The van der Waals surface area contributed by atoms with E-state index in [1.165, 1.54) is 11.1 Å². The quantitative estimate of drug-likeness (QED) is 0.560. The number of nitrogens with zero attached hydrogens (tertiary/aromatic N) is 2. The number of methoxy groups -OCH3 is 1. The maximum atomic E-state index is 13.1. The van der Waals surface area contributed by atoms with Gasteiger partial charge in [0.15, 0.2) is 0 Å². The smallest absolute Gasteiger partial charge is 0.274 e. The first kappa shape index (κ1) is 22.9. The van der Waals surface area contributed by atoms with Gasteiger partial charge in [0, 0.05) is 38.3 Å². The van der Waals surface area contributed by atoms with Crippen LogP contribution in [0.15, 0.2) is 18.2 Å². The third-order valence-corrected chi connectivity index (χ3v) is 9.44. The van der Waals surface area contributed by atoms with Gasteiger partial charge in [-0.05, 0) is 61.3 Å². The van der Waals surface area contributed by atoms with E-state index in [1.807, 2.05) is 6.07 Å². The lowest BCUT2D eigenvalue weighted by molar-refractivity contribution is 0.0219. The van der Waals surface area contributed by atoms with Crippen LogP contribution in [0.25, 0.3) is 0 Å². The third-order valence-electron chi connectivity index (χ3n) is 6.86. The monoisotopic (exact) mass is 472 g/mol. The molecule has 2 fully saturated rings. The van der Waals surface area contributed by atoms with E-state index in [4.69, 9.17) is 9.88 Å². The van der Waals surface area contributed by atoms with Crippen molar-refractivity contribution in [1.82, 2.24) is 13.9 Å². The minimum atomic E-state index is -3.81. The fraction of sp³-hybridized carbons (Fsp3) is 0.700. The Morgan fingerprint density at radius 1 is 1.23 bits per heavy atom. The lowest BCUT2D eigenvalue weighted by Gasteiger charge is -2.51. The van der Waals surface area contributed by atoms with Gasteiger partial charge in [0.1, 0.15) is 5.75 Å². The number of hydrogen-bond acceptors (Lipinski definition) is 6. The van der Waals surface area contributed by atoms with Crippen molar-refractivity contribution in [3.8, 4) is 5.75 Å². The van der Waals surface area contributed by atoms with Crippen LogP contribution >= 0.6 is 0 Å². The molecule has 0 bridgehead atoms. The highest BCUT2D eigenvalue weighted by Crippen LogP contribution is 2.44. The second kappa shape index (κ2) is 8.95. The molecule has 3 aliphatic rings.